The third kappa shape index (κ3) is 2.46. The number of imidazole rings is 1. The summed E-state index contributed by atoms with van der Waals surface area (Å²) < 4.78 is 0. The first-order valence-corrected chi connectivity index (χ1v) is 7.82. The molecule has 1 aliphatic carbocycles. The molecule has 4 rings (SSSR count). The number of alkyl halides is 1. The van der Waals surface area contributed by atoms with E-state index >= 15 is 0 Å². The van der Waals surface area contributed by atoms with Crippen LogP contribution in [0.15, 0.2) is 30.6 Å². The molecule has 0 bridgehead atoms. The van der Waals surface area contributed by atoms with E-state index < -0.39 is 0 Å². The van der Waals surface area contributed by atoms with Crippen LogP contribution in [-0.2, 0) is 6.42 Å². The smallest absolute Gasteiger partial charge is 0.183 e. The summed E-state index contributed by atoms with van der Waals surface area (Å²) in [6.45, 7) is 0. The van der Waals surface area contributed by atoms with Gasteiger partial charge in [-0.25, -0.2) is 15.0 Å². The maximum absolute atomic E-state index is 6.03. The number of hydrogen-bond acceptors (Lipinski definition) is 4. The van der Waals surface area contributed by atoms with E-state index in [0.717, 1.165) is 18.7 Å². The quantitative estimate of drug-likeness (QED) is 0.635. The van der Waals surface area contributed by atoms with E-state index in [0.29, 0.717) is 21.8 Å². The van der Waals surface area contributed by atoms with Gasteiger partial charge < -0.3 is 10.7 Å². The minimum absolute atomic E-state index is 0. The van der Waals surface area contributed by atoms with Gasteiger partial charge in [0.2, 0.25) is 0 Å². The average Bonchev–Trinajstić information content (AvgIpc) is 2.95. The van der Waals surface area contributed by atoms with Crippen molar-refractivity contribution in [1.82, 2.24) is 19.9 Å². The van der Waals surface area contributed by atoms with Crippen molar-refractivity contribution in [2.45, 2.75) is 23.6 Å². The summed E-state index contributed by atoms with van der Waals surface area (Å²) in [6, 6.07) is 8.48. The molecule has 0 amide bonds. The number of nitrogens with zero attached hydrogens (tertiary/aromatic N) is 3. The molecule has 5 nitrogen and oxygen atoms in total. The van der Waals surface area contributed by atoms with E-state index in [1.807, 2.05) is 0 Å². The fourth-order valence-corrected chi connectivity index (χ4v) is 3.76. The van der Waals surface area contributed by atoms with Crippen LogP contribution in [0.3, 0.4) is 0 Å². The van der Waals surface area contributed by atoms with Crippen molar-refractivity contribution in [3.8, 4) is 0 Å². The second-order valence-electron chi connectivity index (χ2n) is 5.36. The van der Waals surface area contributed by atoms with Crippen LogP contribution in [-0.4, -0.2) is 24.8 Å². The molecule has 0 fully saturated rings. The Morgan fingerprint density at radius 2 is 2.05 bits per heavy atom. The molecule has 1 aliphatic rings. The van der Waals surface area contributed by atoms with Crippen molar-refractivity contribution in [3.05, 3.63) is 47.5 Å². The zero-order chi connectivity index (χ0) is 14.4. The molecule has 2 aromatic heterocycles. The second kappa shape index (κ2) is 5.85. The Kier molecular flexibility index (Phi) is 4.06. The highest BCUT2D eigenvalue weighted by Crippen LogP contribution is 2.38. The number of halogens is 2. The topological polar surface area (TPSA) is 80.5 Å². The van der Waals surface area contributed by atoms with Crippen molar-refractivity contribution in [3.63, 3.8) is 0 Å². The Morgan fingerprint density at radius 3 is 2.91 bits per heavy atom. The monoisotopic (exact) mass is 379 g/mol. The van der Waals surface area contributed by atoms with Gasteiger partial charge >= 0.3 is 0 Å². The number of benzene rings is 1. The number of fused-ring (bicyclic) bond motifs is 2. The summed E-state index contributed by atoms with van der Waals surface area (Å²) in [7, 11) is 0. The summed E-state index contributed by atoms with van der Waals surface area (Å²) in [5, 5.41) is 0. The van der Waals surface area contributed by atoms with E-state index in [2.05, 4.69) is 60.1 Å². The van der Waals surface area contributed by atoms with Crippen LogP contribution in [0.5, 0.6) is 0 Å². The lowest BCUT2D eigenvalue weighted by Gasteiger charge is -2.27. The molecule has 3 aromatic rings. The largest absolute Gasteiger partial charge is 0.382 e. The zero-order valence-electron chi connectivity index (χ0n) is 11.7. The fourth-order valence-electron chi connectivity index (χ4n) is 3.04. The summed E-state index contributed by atoms with van der Waals surface area (Å²) in [6.07, 6.45) is 3.60. The van der Waals surface area contributed by atoms with Gasteiger partial charge in [-0.15, -0.1) is 12.4 Å². The van der Waals surface area contributed by atoms with Crippen LogP contribution in [0.25, 0.3) is 11.2 Å². The Balaban J connectivity index is 0.00000144. The number of anilines is 1. The van der Waals surface area contributed by atoms with Gasteiger partial charge in [0.25, 0.3) is 0 Å². The van der Waals surface area contributed by atoms with Gasteiger partial charge in [0.1, 0.15) is 11.3 Å². The van der Waals surface area contributed by atoms with Crippen LogP contribution in [0, 0.1) is 0 Å². The maximum atomic E-state index is 6.03. The summed E-state index contributed by atoms with van der Waals surface area (Å²) in [4.78, 5) is 16.7. The van der Waals surface area contributed by atoms with Crippen LogP contribution < -0.4 is 5.73 Å². The third-order valence-electron chi connectivity index (χ3n) is 4.01. The van der Waals surface area contributed by atoms with Crippen LogP contribution >= 0.6 is 28.3 Å². The molecule has 7 heteroatoms. The number of nitrogens with one attached hydrogen (secondary N) is 1. The molecule has 2 unspecified atom stereocenters. The third-order valence-corrected chi connectivity index (χ3v) is 4.70. The van der Waals surface area contributed by atoms with Crippen molar-refractivity contribution >= 4 is 45.3 Å². The number of aromatic amines is 1. The zero-order valence-corrected chi connectivity index (χ0v) is 14.1. The predicted molar refractivity (Wildman–Crippen MR) is 92.7 cm³/mol. The highest BCUT2D eigenvalue weighted by atomic mass is 79.9. The van der Waals surface area contributed by atoms with Crippen molar-refractivity contribution in [2.24, 2.45) is 0 Å². The van der Waals surface area contributed by atoms with E-state index in [9.17, 15) is 0 Å². The molecule has 0 saturated heterocycles. The molecule has 2 atom stereocenters. The molecule has 0 spiro atoms. The summed E-state index contributed by atoms with van der Waals surface area (Å²) >= 11 is 3.75. The van der Waals surface area contributed by atoms with Crippen molar-refractivity contribution in [2.75, 3.05) is 5.73 Å². The second-order valence-corrected chi connectivity index (χ2v) is 6.65. The van der Waals surface area contributed by atoms with Gasteiger partial charge in [-0.05, 0) is 24.0 Å². The number of hydrogen-bond donors (Lipinski definition) is 2. The van der Waals surface area contributed by atoms with Gasteiger partial charge in [0.15, 0.2) is 11.5 Å². The minimum Gasteiger partial charge on any atom is -0.382 e. The molecule has 1 aromatic carbocycles. The Hall–Kier alpha value is -1.66. The number of nitrogen functional groups attached to an aromatic ring is 1. The molecule has 22 heavy (non-hydrogen) atoms. The van der Waals surface area contributed by atoms with E-state index in [4.69, 9.17) is 5.73 Å². The van der Waals surface area contributed by atoms with Gasteiger partial charge in [-0.2, -0.15) is 0 Å². The van der Waals surface area contributed by atoms with Crippen LogP contribution in [0.4, 0.5) is 5.82 Å². The highest BCUT2D eigenvalue weighted by molar-refractivity contribution is 9.09. The molecule has 0 radical (unpaired) electrons. The molecule has 3 N–H and O–H groups in total. The molecular formula is C15H15BrClN5. The van der Waals surface area contributed by atoms with E-state index in [-0.39, 0.29) is 18.3 Å². The van der Waals surface area contributed by atoms with E-state index in [1.54, 1.807) is 6.33 Å². The number of H-pyrrole nitrogens is 1. The predicted octanol–water partition coefficient (Wildman–Crippen LogP) is 3.20. The number of nitrogens with two attached hydrogens (primary N) is 1. The maximum Gasteiger partial charge on any atom is 0.183 e. The summed E-state index contributed by atoms with van der Waals surface area (Å²) in [5.41, 5.74) is 10.0. The first-order chi connectivity index (χ1) is 10.2. The van der Waals surface area contributed by atoms with E-state index in [1.165, 1.54) is 11.1 Å². The molecule has 0 saturated carbocycles. The highest BCUT2D eigenvalue weighted by Gasteiger charge is 2.29. The Bertz CT molecular complexity index is 819. The first kappa shape index (κ1) is 15.2. The number of aromatic nitrogens is 4. The minimum atomic E-state index is 0. The SMILES string of the molecule is Cl.Nc1nc(C2CC(Br)Cc3ccccc32)nc2nc[nH]c12. The van der Waals surface area contributed by atoms with Gasteiger partial charge in [0, 0.05) is 10.7 Å². The summed E-state index contributed by atoms with van der Waals surface area (Å²) in [5.74, 6) is 1.37. The molecule has 114 valence electrons. The number of rotatable bonds is 1. The van der Waals surface area contributed by atoms with Crippen LogP contribution in [0.1, 0.15) is 29.3 Å². The molecular weight excluding hydrogens is 366 g/mol. The Morgan fingerprint density at radius 1 is 1.23 bits per heavy atom. The lowest BCUT2D eigenvalue weighted by atomic mass is 9.82. The Labute approximate surface area is 142 Å². The van der Waals surface area contributed by atoms with Gasteiger partial charge in [0.05, 0.1) is 6.33 Å². The van der Waals surface area contributed by atoms with Gasteiger partial charge in [-0.3, -0.25) is 0 Å². The van der Waals surface area contributed by atoms with Crippen LogP contribution in [0.2, 0.25) is 0 Å². The fraction of sp³-hybridized carbons (Fsp3) is 0.267. The first-order valence-electron chi connectivity index (χ1n) is 6.90. The lowest BCUT2D eigenvalue weighted by molar-refractivity contribution is 0.611. The molecule has 2 heterocycles. The lowest BCUT2D eigenvalue weighted by Crippen LogP contribution is -2.21. The normalized spacial score (nSPS) is 20.4. The molecule has 0 aliphatic heterocycles. The van der Waals surface area contributed by atoms with Crippen molar-refractivity contribution in [1.29, 1.82) is 0 Å². The van der Waals surface area contributed by atoms with Crippen molar-refractivity contribution < 1.29 is 0 Å². The average molecular weight is 381 g/mol. The van der Waals surface area contributed by atoms with Gasteiger partial charge in [-0.1, -0.05) is 40.2 Å². The standard InChI is InChI=1S/C15H14BrN5.ClH/c16-9-5-8-3-1-2-4-10(8)11(6-9)14-20-13(17)12-15(21-14)19-7-18-12;/h1-4,7,9,11H,5-6H2,(H3,17,18,19,20,21);1H.